The van der Waals surface area contributed by atoms with Gasteiger partial charge in [0, 0.05) is 0 Å². The Kier molecular flexibility index (Phi) is 5.76. The van der Waals surface area contributed by atoms with Crippen molar-refractivity contribution in [3.8, 4) is 0 Å². The van der Waals surface area contributed by atoms with Gasteiger partial charge in [0.15, 0.2) is 0 Å². The van der Waals surface area contributed by atoms with Crippen LogP contribution < -0.4 is 4.31 Å². The van der Waals surface area contributed by atoms with E-state index in [0.717, 1.165) is 36.4 Å². The predicted molar refractivity (Wildman–Crippen MR) is 93.6 cm³/mol. The molecule has 5 N–H and O–H groups in total. The van der Waals surface area contributed by atoms with Crippen LogP contribution in [-0.2, 0) is 11.3 Å². The fourth-order valence-corrected chi connectivity index (χ4v) is 2.96. The van der Waals surface area contributed by atoms with Gasteiger partial charge in [-0.25, -0.2) is 27.7 Å². The van der Waals surface area contributed by atoms with Crippen LogP contribution in [0.1, 0.15) is 41.4 Å². The first-order chi connectivity index (χ1) is 13.0. The SMILES string of the molecule is O=C(O)c1ccc(N(c2ccc(C(=O)O)c(C(=O)O)c2)S(=O)O)cc1C(=O)O. The van der Waals surface area contributed by atoms with Gasteiger partial charge in [-0.15, -0.1) is 0 Å². The summed E-state index contributed by atoms with van der Waals surface area (Å²) in [5.41, 5.74) is -2.92. The summed E-state index contributed by atoms with van der Waals surface area (Å²) in [6.07, 6.45) is 0. The van der Waals surface area contributed by atoms with E-state index in [1.807, 2.05) is 0 Å². The van der Waals surface area contributed by atoms with Crippen LogP contribution in [-0.4, -0.2) is 53.1 Å². The molecule has 0 aromatic heterocycles. The van der Waals surface area contributed by atoms with E-state index in [-0.39, 0.29) is 11.4 Å². The third-order valence-corrected chi connectivity index (χ3v) is 4.29. The van der Waals surface area contributed by atoms with Crippen LogP contribution in [0.25, 0.3) is 0 Å². The fraction of sp³-hybridized carbons (Fsp3) is 0. The van der Waals surface area contributed by atoms with Crippen molar-refractivity contribution in [2.24, 2.45) is 0 Å². The predicted octanol–water partition coefficient (Wildman–Crippen LogP) is 1.75. The standard InChI is InChI=1S/C16H11NO10S/c18-13(19)9-3-1-7(5-11(9)15(22)23)17(28(26)27)8-2-4-10(14(20)21)12(6-8)16(24)25/h1-6H,(H,18,19)(H,20,21)(H,22,23)(H,24,25)(H,26,27). The van der Waals surface area contributed by atoms with E-state index in [9.17, 15) is 38.2 Å². The molecule has 0 spiro atoms. The zero-order chi connectivity index (χ0) is 21.2. The van der Waals surface area contributed by atoms with Gasteiger partial charge < -0.3 is 20.4 Å². The molecule has 146 valence electrons. The third kappa shape index (κ3) is 3.97. The Morgan fingerprint density at radius 2 is 0.964 bits per heavy atom. The first-order valence-corrected chi connectivity index (χ1v) is 8.23. The van der Waals surface area contributed by atoms with Gasteiger partial charge in [0.1, 0.15) is 0 Å². The van der Waals surface area contributed by atoms with Gasteiger partial charge in [0.05, 0.1) is 33.6 Å². The summed E-state index contributed by atoms with van der Waals surface area (Å²) in [6, 6.07) is 5.57. The lowest BCUT2D eigenvalue weighted by molar-refractivity contribution is 0.0651. The van der Waals surface area contributed by atoms with Crippen LogP contribution in [0, 0.1) is 0 Å². The highest BCUT2D eigenvalue weighted by Gasteiger charge is 2.24. The smallest absolute Gasteiger partial charge is 0.336 e. The molecule has 28 heavy (non-hydrogen) atoms. The molecule has 0 saturated heterocycles. The average Bonchev–Trinajstić information content (AvgIpc) is 2.60. The molecule has 12 heteroatoms. The molecule has 0 radical (unpaired) electrons. The van der Waals surface area contributed by atoms with Crippen molar-refractivity contribution in [1.82, 2.24) is 0 Å². The van der Waals surface area contributed by atoms with E-state index in [2.05, 4.69) is 0 Å². The number of hydrogen-bond donors (Lipinski definition) is 5. The molecule has 1 unspecified atom stereocenters. The Labute approximate surface area is 158 Å². The molecule has 2 rings (SSSR count). The minimum atomic E-state index is -2.83. The van der Waals surface area contributed by atoms with E-state index < -0.39 is 57.4 Å². The Bertz CT molecular complexity index is 957. The highest BCUT2D eigenvalue weighted by atomic mass is 32.2. The molecule has 0 aliphatic heterocycles. The van der Waals surface area contributed by atoms with E-state index in [4.69, 9.17) is 10.2 Å². The summed E-state index contributed by atoms with van der Waals surface area (Å²) in [7, 11) is 0. The summed E-state index contributed by atoms with van der Waals surface area (Å²) >= 11 is -2.83. The first kappa shape index (κ1) is 20.5. The van der Waals surface area contributed by atoms with Crippen LogP contribution in [0.3, 0.4) is 0 Å². The molecule has 0 heterocycles. The van der Waals surface area contributed by atoms with Crippen LogP contribution in [0.2, 0.25) is 0 Å². The van der Waals surface area contributed by atoms with E-state index in [0.29, 0.717) is 4.31 Å². The van der Waals surface area contributed by atoms with Gasteiger partial charge in [-0.05, 0) is 36.4 Å². The number of hydrogen-bond acceptors (Lipinski definition) is 5. The summed E-state index contributed by atoms with van der Waals surface area (Å²) in [5, 5.41) is 36.4. The van der Waals surface area contributed by atoms with Gasteiger partial charge in [-0.3, -0.25) is 4.55 Å². The monoisotopic (exact) mass is 409 g/mol. The van der Waals surface area contributed by atoms with Crippen molar-refractivity contribution >= 4 is 46.5 Å². The Morgan fingerprint density at radius 1 is 0.643 bits per heavy atom. The van der Waals surface area contributed by atoms with Gasteiger partial charge in [0.2, 0.25) is 0 Å². The first-order valence-electron chi connectivity index (χ1n) is 7.17. The maximum Gasteiger partial charge on any atom is 0.336 e. The molecule has 0 aliphatic carbocycles. The van der Waals surface area contributed by atoms with Gasteiger partial charge in [-0.2, -0.15) is 0 Å². The van der Waals surface area contributed by atoms with E-state index >= 15 is 0 Å². The number of anilines is 2. The molecular formula is C16H11NO10S. The summed E-state index contributed by atoms with van der Waals surface area (Å²) in [4.78, 5) is 44.9. The van der Waals surface area contributed by atoms with Gasteiger partial charge in [-0.1, -0.05) is 0 Å². The van der Waals surface area contributed by atoms with Crippen molar-refractivity contribution in [2.45, 2.75) is 0 Å². The maximum atomic E-state index is 11.8. The minimum Gasteiger partial charge on any atom is -0.478 e. The highest BCUT2D eigenvalue weighted by Crippen LogP contribution is 2.30. The topological polar surface area (TPSA) is 190 Å². The summed E-state index contributed by atoms with van der Waals surface area (Å²) < 4.78 is 22.0. The summed E-state index contributed by atoms with van der Waals surface area (Å²) in [6.45, 7) is 0. The molecule has 11 nitrogen and oxygen atoms in total. The second-order valence-electron chi connectivity index (χ2n) is 5.21. The maximum absolute atomic E-state index is 11.8. The molecule has 0 saturated carbocycles. The largest absolute Gasteiger partial charge is 0.478 e. The quantitative estimate of drug-likeness (QED) is 0.421. The van der Waals surface area contributed by atoms with Crippen LogP contribution >= 0.6 is 0 Å². The lowest BCUT2D eigenvalue weighted by Gasteiger charge is -2.21. The minimum absolute atomic E-state index is 0.234. The van der Waals surface area contributed by atoms with Gasteiger partial charge >= 0.3 is 23.9 Å². The molecular weight excluding hydrogens is 398 g/mol. The molecule has 2 aromatic rings. The number of carbonyl (C=O) groups is 4. The van der Waals surface area contributed by atoms with Crippen molar-refractivity contribution in [3.05, 3.63) is 58.7 Å². The molecule has 1 atom stereocenters. The number of benzene rings is 2. The van der Waals surface area contributed by atoms with Crippen LogP contribution in [0.15, 0.2) is 36.4 Å². The third-order valence-electron chi connectivity index (χ3n) is 3.55. The lowest BCUT2D eigenvalue weighted by Crippen LogP contribution is -2.21. The number of rotatable bonds is 7. The van der Waals surface area contributed by atoms with Crippen molar-refractivity contribution in [1.29, 1.82) is 0 Å². The highest BCUT2D eigenvalue weighted by molar-refractivity contribution is 7.81. The van der Waals surface area contributed by atoms with Crippen molar-refractivity contribution in [2.75, 3.05) is 4.31 Å². The number of nitrogens with zero attached hydrogens (tertiary/aromatic N) is 1. The van der Waals surface area contributed by atoms with E-state index in [1.54, 1.807) is 0 Å². The Hall–Kier alpha value is -3.77. The molecule has 0 bridgehead atoms. The summed E-state index contributed by atoms with van der Waals surface area (Å²) in [5.74, 6) is -6.26. The average molecular weight is 409 g/mol. The number of carboxylic acids is 4. The second kappa shape index (κ2) is 7.85. The van der Waals surface area contributed by atoms with E-state index in [1.165, 1.54) is 0 Å². The molecule has 0 amide bonds. The lowest BCUT2D eigenvalue weighted by atomic mass is 10.0. The zero-order valence-corrected chi connectivity index (χ0v) is 14.4. The Morgan fingerprint density at radius 3 is 1.21 bits per heavy atom. The molecule has 2 aromatic carbocycles. The van der Waals surface area contributed by atoms with Crippen molar-refractivity contribution < 1.29 is 48.4 Å². The van der Waals surface area contributed by atoms with Crippen LogP contribution in [0.4, 0.5) is 11.4 Å². The Balaban J connectivity index is 2.69. The molecule has 0 aliphatic rings. The number of aromatic carboxylic acids is 4. The fourth-order valence-electron chi connectivity index (χ4n) is 2.37. The van der Waals surface area contributed by atoms with Crippen LogP contribution in [0.5, 0.6) is 0 Å². The van der Waals surface area contributed by atoms with Gasteiger partial charge in [0.25, 0.3) is 11.3 Å². The van der Waals surface area contributed by atoms with Crippen molar-refractivity contribution in [3.63, 3.8) is 0 Å². The molecule has 0 fully saturated rings. The number of carboxylic acid groups (broad SMARTS) is 4. The normalized spacial score (nSPS) is 11.5. The zero-order valence-electron chi connectivity index (χ0n) is 13.6. The second-order valence-corrected chi connectivity index (χ2v) is 6.03.